The van der Waals surface area contributed by atoms with Crippen molar-refractivity contribution in [2.24, 2.45) is 11.8 Å². The zero-order chi connectivity index (χ0) is 7.90. The Morgan fingerprint density at radius 3 is 2.27 bits per heavy atom. The Bertz CT molecular complexity index is 135. The SMILES string of the molecule is C[C@@H]1CC2(CCC[NH2+]2)C[C@@H]1C. The van der Waals surface area contributed by atoms with Gasteiger partial charge in [0.05, 0.1) is 12.1 Å². The number of hydrogen-bond acceptors (Lipinski definition) is 0. The fraction of sp³-hybridized carbons (Fsp3) is 1.00. The molecule has 0 aromatic rings. The third-order valence-electron chi connectivity index (χ3n) is 3.88. The minimum atomic E-state index is 0.707. The third kappa shape index (κ3) is 1.20. The highest BCUT2D eigenvalue weighted by atomic mass is 15.0. The summed E-state index contributed by atoms with van der Waals surface area (Å²) in [6.07, 6.45) is 5.91. The molecule has 1 aliphatic heterocycles. The summed E-state index contributed by atoms with van der Waals surface area (Å²) >= 11 is 0. The highest BCUT2D eigenvalue weighted by Gasteiger charge is 2.46. The van der Waals surface area contributed by atoms with Crippen LogP contribution in [0.15, 0.2) is 0 Å². The molecule has 1 heteroatoms. The molecule has 1 spiro atoms. The Hall–Kier alpha value is -0.0400. The molecule has 2 N–H and O–H groups in total. The summed E-state index contributed by atoms with van der Waals surface area (Å²) < 4.78 is 0. The summed E-state index contributed by atoms with van der Waals surface area (Å²) in [7, 11) is 0. The van der Waals surface area contributed by atoms with E-state index < -0.39 is 0 Å². The first-order chi connectivity index (χ1) is 5.22. The minimum absolute atomic E-state index is 0.707. The summed E-state index contributed by atoms with van der Waals surface area (Å²) in [6.45, 7) is 6.23. The predicted octanol–water partition coefficient (Wildman–Crippen LogP) is 1.15. The van der Waals surface area contributed by atoms with Crippen molar-refractivity contribution >= 4 is 0 Å². The van der Waals surface area contributed by atoms with Gasteiger partial charge in [0.25, 0.3) is 0 Å². The van der Waals surface area contributed by atoms with Crippen LogP contribution in [0.1, 0.15) is 39.5 Å². The molecule has 1 unspecified atom stereocenters. The maximum absolute atomic E-state index is 2.62. The van der Waals surface area contributed by atoms with Crippen LogP contribution in [0.4, 0.5) is 0 Å². The molecule has 0 aromatic heterocycles. The summed E-state index contributed by atoms with van der Waals surface area (Å²) in [4.78, 5) is 0. The van der Waals surface area contributed by atoms with Crippen molar-refractivity contribution in [2.45, 2.75) is 45.1 Å². The molecular formula is C10H20N+. The Morgan fingerprint density at radius 2 is 1.82 bits per heavy atom. The second-order valence-corrected chi connectivity index (χ2v) is 4.82. The standard InChI is InChI=1S/C10H19N/c1-8-6-10(7-9(8)2)4-3-5-11-10/h8-9,11H,3-7H2,1-2H3/p+1/t8-,9+,10?. The van der Waals surface area contributed by atoms with E-state index in [-0.39, 0.29) is 0 Å². The van der Waals surface area contributed by atoms with Gasteiger partial charge in [-0.25, -0.2) is 0 Å². The van der Waals surface area contributed by atoms with Crippen LogP contribution in [-0.2, 0) is 0 Å². The lowest BCUT2D eigenvalue weighted by Crippen LogP contribution is -2.93. The molecule has 64 valence electrons. The highest BCUT2D eigenvalue weighted by molar-refractivity contribution is 4.92. The first-order valence-electron chi connectivity index (χ1n) is 5.06. The lowest BCUT2D eigenvalue weighted by molar-refractivity contribution is -0.707. The minimum Gasteiger partial charge on any atom is -0.341 e. The molecule has 2 fully saturated rings. The van der Waals surface area contributed by atoms with E-state index in [9.17, 15) is 0 Å². The van der Waals surface area contributed by atoms with Crippen LogP contribution < -0.4 is 5.32 Å². The molecule has 3 atom stereocenters. The second-order valence-electron chi connectivity index (χ2n) is 4.82. The van der Waals surface area contributed by atoms with Crippen LogP contribution in [0, 0.1) is 11.8 Å². The van der Waals surface area contributed by atoms with E-state index in [2.05, 4.69) is 19.2 Å². The molecule has 11 heavy (non-hydrogen) atoms. The number of nitrogens with two attached hydrogens (primary N) is 1. The van der Waals surface area contributed by atoms with Crippen LogP contribution in [-0.4, -0.2) is 12.1 Å². The number of hydrogen-bond donors (Lipinski definition) is 1. The predicted molar refractivity (Wildman–Crippen MR) is 46.3 cm³/mol. The fourth-order valence-electron chi connectivity index (χ4n) is 3.10. The zero-order valence-corrected chi connectivity index (χ0v) is 7.77. The first-order valence-corrected chi connectivity index (χ1v) is 5.06. The molecular weight excluding hydrogens is 134 g/mol. The molecule has 0 bridgehead atoms. The molecule has 1 saturated heterocycles. The molecule has 1 nitrogen and oxygen atoms in total. The van der Waals surface area contributed by atoms with E-state index in [1.54, 1.807) is 0 Å². The summed E-state index contributed by atoms with van der Waals surface area (Å²) in [5.74, 6) is 1.95. The normalized spacial score (nSPS) is 50.7. The van der Waals surface area contributed by atoms with E-state index in [1.165, 1.54) is 32.2 Å². The van der Waals surface area contributed by atoms with Crippen molar-refractivity contribution in [1.29, 1.82) is 0 Å². The highest BCUT2D eigenvalue weighted by Crippen LogP contribution is 2.40. The van der Waals surface area contributed by atoms with Crippen molar-refractivity contribution in [2.75, 3.05) is 6.54 Å². The van der Waals surface area contributed by atoms with Gasteiger partial charge in [-0.1, -0.05) is 13.8 Å². The van der Waals surface area contributed by atoms with Gasteiger partial charge in [0.2, 0.25) is 0 Å². The maximum Gasteiger partial charge on any atom is 0.0968 e. The monoisotopic (exact) mass is 154 g/mol. The quantitative estimate of drug-likeness (QED) is 0.539. The molecule has 0 amide bonds. The van der Waals surface area contributed by atoms with Gasteiger partial charge >= 0.3 is 0 Å². The van der Waals surface area contributed by atoms with Gasteiger partial charge < -0.3 is 5.32 Å². The van der Waals surface area contributed by atoms with Crippen molar-refractivity contribution in [1.82, 2.24) is 0 Å². The van der Waals surface area contributed by atoms with E-state index in [0.29, 0.717) is 5.54 Å². The maximum atomic E-state index is 2.62. The zero-order valence-electron chi connectivity index (χ0n) is 7.77. The first kappa shape index (κ1) is 7.60. The van der Waals surface area contributed by atoms with Crippen LogP contribution >= 0.6 is 0 Å². The Labute approximate surface area is 69.6 Å². The number of rotatable bonds is 0. The molecule has 2 aliphatic rings. The van der Waals surface area contributed by atoms with E-state index in [4.69, 9.17) is 0 Å². The summed E-state index contributed by atoms with van der Waals surface area (Å²) in [5, 5.41) is 2.62. The van der Waals surface area contributed by atoms with Crippen LogP contribution in [0.2, 0.25) is 0 Å². The fourth-order valence-corrected chi connectivity index (χ4v) is 3.10. The lowest BCUT2D eigenvalue weighted by Gasteiger charge is -2.19. The van der Waals surface area contributed by atoms with Crippen molar-refractivity contribution in [3.63, 3.8) is 0 Å². The topological polar surface area (TPSA) is 16.6 Å². The lowest BCUT2D eigenvalue weighted by atomic mass is 9.94. The van der Waals surface area contributed by atoms with Crippen LogP contribution in [0.3, 0.4) is 0 Å². The van der Waals surface area contributed by atoms with Gasteiger partial charge in [0.1, 0.15) is 0 Å². The Balaban J connectivity index is 2.06. The largest absolute Gasteiger partial charge is 0.341 e. The third-order valence-corrected chi connectivity index (χ3v) is 3.88. The van der Waals surface area contributed by atoms with Crippen molar-refractivity contribution in [3.8, 4) is 0 Å². The summed E-state index contributed by atoms with van der Waals surface area (Å²) in [6, 6.07) is 0. The molecule has 1 saturated carbocycles. The van der Waals surface area contributed by atoms with Gasteiger partial charge in [0.15, 0.2) is 0 Å². The average Bonchev–Trinajstić information content (AvgIpc) is 2.46. The average molecular weight is 154 g/mol. The number of quaternary nitrogens is 1. The second kappa shape index (κ2) is 2.48. The van der Waals surface area contributed by atoms with Gasteiger partial charge in [-0.15, -0.1) is 0 Å². The van der Waals surface area contributed by atoms with Gasteiger partial charge in [0, 0.05) is 25.7 Å². The van der Waals surface area contributed by atoms with Crippen LogP contribution in [0.25, 0.3) is 0 Å². The van der Waals surface area contributed by atoms with Gasteiger partial charge in [-0.2, -0.15) is 0 Å². The molecule has 1 heterocycles. The van der Waals surface area contributed by atoms with Gasteiger partial charge in [-0.05, 0) is 11.8 Å². The van der Waals surface area contributed by atoms with E-state index in [0.717, 1.165) is 11.8 Å². The smallest absolute Gasteiger partial charge is 0.0968 e. The van der Waals surface area contributed by atoms with Gasteiger partial charge in [-0.3, -0.25) is 0 Å². The summed E-state index contributed by atoms with van der Waals surface area (Å²) in [5.41, 5.74) is 0.707. The van der Waals surface area contributed by atoms with E-state index in [1.807, 2.05) is 0 Å². The van der Waals surface area contributed by atoms with Crippen LogP contribution in [0.5, 0.6) is 0 Å². The molecule has 1 aliphatic carbocycles. The van der Waals surface area contributed by atoms with E-state index >= 15 is 0 Å². The Kier molecular flexibility index (Phi) is 1.71. The van der Waals surface area contributed by atoms with Crippen molar-refractivity contribution < 1.29 is 5.32 Å². The molecule has 0 radical (unpaired) electrons. The molecule has 0 aromatic carbocycles. The molecule has 2 rings (SSSR count). The Morgan fingerprint density at radius 1 is 1.18 bits per heavy atom. The van der Waals surface area contributed by atoms with Crippen molar-refractivity contribution in [3.05, 3.63) is 0 Å².